The molecule has 2 rings (SSSR count). The first-order valence-electron chi connectivity index (χ1n) is 7.15. The monoisotopic (exact) mass is 283 g/mol. The van der Waals surface area contributed by atoms with E-state index in [0.717, 1.165) is 23.2 Å². The van der Waals surface area contributed by atoms with E-state index in [4.69, 9.17) is 10.5 Å². The van der Waals surface area contributed by atoms with Crippen molar-refractivity contribution < 1.29 is 9.53 Å². The van der Waals surface area contributed by atoms with Gasteiger partial charge in [-0.05, 0) is 47.2 Å². The van der Waals surface area contributed by atoms with Crippen molar-refractivity contribution in [2.75, 3.05) is 12.8 Å². The smallest absolute Gasteiger partial charge is 0.337 e. The van der Waals surface area contributed by atoms with E-state index in [-0.39, 0.29) is 5.97 Å². The minimum absolute atomic E-state index is 0.326. The Labute approximate surface area is 125 Å². The van der Waals surface area contributed by atoms with E-state index in [1.807, 2.05) is 18.2 Å². The number of carbonyl (C=O) groups excluding carboxylic acids is 1. The van der Waals surface area contributed by atoms with Crippen LogP contribution >= 0.6 is 0 Å². The van der Waals surface area contributed by atoms with Crippen molar-refractivity contribution in [3.05, 3.63) is 53.6 Å². The fraction of sp³-hybridized carbons (Fsp3) is 0.278. The Balaban J connectivity index is 2.30. The SMILES string of the molecule is CCC(C)c1ccc(-c2ccc(C(=O)OC)cc2)cc1N. The number of esters is 1. The van der Waals surface area contributed by atoms with Gasteiger partial charge < -0.3 is 10.5 Å². The summed E-state index contributed by atoms with van der Waals surface area (Å²) in [5.74, 6) is 0.133. The lowest BCUT2D eigenvalue weighted by molar-refractivity contribution is 0.0601. The Bertz CT molecular complexity index is 632. The first-order valence-corrected chi connectivity index (χ1v) is 7.15. The lowest BCUT2D eigenvalue weighted by Gasteiger charge is -2.13. The van der Waals surface area contributed by atoms with E-state index in [1.165, 1.54) is 12.7 Å². The van der Waals surface area contributed by atoms with Gasteiger partial charge in [0, 0.05) is 5.69 Å². The predicted octanol–water partition coefficient (Wildman–Crippen LogP) is 4.24. The molecule has 2 aromatic carbocycles. The molecular formula is C18H21NO2. The van der Waals surface area contributed by atoms with Gasteiger partial charge in [-0.3, -0.25) is 0 Å². The Kier molecular flexibility index (Phi) is 4.63. The van der Waals surface area contributed by atoms with Crippen molar-refractivity contribution in [1.82, 2.24) is 0 Å². The Morgan fingerprint density at radius 2 is 1.76 bits per heavy atom. The third-order valence-corrected chi connectivity index (χ3v) is 3.87. The number of carbonyl (C=O) groups is 1. The van der Waals surface area contributed by atoms with E-state index >= 15 is 0 Å². The van der Waals surface area contributed by atoms with Gasteiger partial charge in [-0.2, -0.15) is 0 Å². The molecule has 0 heterocycles. The number of hydrogen-bond acceptors (Lipinski definition) is 3. The molecule has 0 radical (unpaired) electrons. The molecule has 0 fully saturated rings. The molecule has 0 aliphatic carbocycles. The average Bonchev–Trinajstić information content (AvgIpc) is 2.53. The molecule has 0 aliphatic heterocycles. The molecule has 0 amide bonds. The van der Waals surface area contributed by atoms with Crippen molar-refractivity contribution in [3.8, 4) is 11.1 Å². The normalized spacial score (nSPS) is 12.0. The first kappa shape index (κ1) is 15.1. The third-order valence-electron chi connectivity index (χ3n) is 3.87. The highest BCUT2D eigenvalue weighted by Gasteiger charge is 2.09. The topological polar surface area (TPSA) is 52.3 Å². The fourth-order valence-corrected chi connectivity index (χ4v) is 2.34. The highest BCUT2D eigenvalue weighted by molar-refractivity contribution is 5.90. The van der Waals surface area contributed by atoms with Crippen molar-refractivity contribution >= 4 is 11.7 Å². The summed E-state index contributed by atoms with van der Waals surface area (Å²) < 4.78 is 4.70. The van der Waals surface area contributed by atoms with E-state index < -0.39 is 0 Å². The molecule has 2 N–H and O–H groups in total. The Hall–Kier alpha value is -2.29. The van der Waals surface area contributed by atoms with Crippen LogP contribution in [0.25, 0.3) is 11.1 Å². The summed E-state index contributed by atoms with van der Waals surface area (Å²) in [6.07, 6.45) is 1.07. The van der Waals surface area contributed by atoms with Crippen LogP contribution in [0, 0.1) is 0 Å². The molecule has 3 nitrogen and oxygen atoms in total. The van der Waals surface area contributed by atoms with Crippen LogP contribution in [0.15, 0.2) is 42.5 Å². The van der Waals surface area contributed by atoms with E-state index in [0.29, 0.717) is 11.5 Å². The van der Waals surface area contributed by atoms with Gasteiger partial charge in [-0.15, -0.1) is 0 Å². The summed E-state index contributed by atoms with van der Waals surface area (Å²) in [5.41, 5.74) is 10.8. The maximum absolute atomic E-state index is 11.4. The van der Waals surface area contributed by atoms with Crippen molar-refractivity contribution in [1.29, 1.82) is 0 Å². The molecular weight excluding hydrogens is 262 g/mol. The van der Waals surface area contributed by atoms with Crippen LogP contribution in [0.2, 0.25) is 0 Å². The van der Waals surface area contributed by atoms with Crippen LogP contribution in [0.4, 0.5) is 5.69 Å². The largest absolute Gasteiger partial charge is 0.465 e. The number of hydrogen-bond donors (Lipinski definition) is 1. The van der Waals surface area contributed by atoms with Crippen molar-refractivity contribution in [2.45, 2.75) is 26.2 Å². The van der Waals surface area contributed by atoms with Gasteiger partial charge in [0.1, 0.15) is 0 Å². The van der Waals surface area contributed by atoms with Gasteiger partial charge >= 0.3 is 5.97 Å². The zero-order valence-electron chi connectivity index (χ0n) is 12.7. The van der Waals surface area contributed by atoms with E-state index in [9.17, 15) is 4.79 Å². The fourth-order valence-electron chi connectivity index (χ4n) is 2.34. The molecule has 2 aromatic rings. The predicted molar refractivity (Wildman–Crippen MR) is 86.3 cm³/mol. The average molecular weight is 283 g/mol. The second-order valence-electron chi connectivity index (χ2n) is 5.22. The van der Waals surface area contributed by atoms with Gasteiger partial charge in [-0.25, -0.2) is 4.79 Å². The lowest BCUT2D eigenvalue weighted by atomic mass is 9.94. The maximum atomic E-state index is 11.4. The minimum atomic E-state index is -0.326. The number of nitrogen functional groups attached to an aromatic ring is 1. The second kappa shape index (κ2) is 6.44. The third kappa shape index (κ3) is 3.24. The van der Waals surface area contributed by atoms with Crippen LogP contribution in [0.5, 0.6) is 0 Å². The standard InChI is InChI=1S/C18H21NO2/c1-4-12(2)16-10-9-15(11-17(16)19)13-5-7-14(8-6-13)18(20)21-3/h5-12H,4,19H2,1-3H3. The first-order chi connectivity index (χ1) is 10.1. The maximum Gasteiger partial charge on any atom is 0.337 e. The van der Waals surface area contributed by atoms with Gasteiger partial charge in [0.2, 0.25) is 0 Å². The molecule has 0 aromatic heterocycles. The molecule has 3 heteroatoms. The molecule has 1 atom stereocenters. The highest BCUT2D eigenvalue weighted by atomic mass is 16.5. The number of benzene rings is 2. The number of anilines is 1. The van der Waals surface area contributed by atoms with Crippen LogP contribution in [-0.2, 0) is 4.74 Å². The van der Waals surface area contributed by atoms with Crippen molar-refractivity contribution in [3.63, 3.8) is 0 Å². The van der Waals surface area contributed by atoms with Crippen molar-refractivity contribution in [2.24, 2.45) is 0 Å². The van der Waals surface area contributed by atoms with Gasteiger partial charge in [-0.1, -0.05) is 38.1 Å². The van der Waals surface area contributed by atoms with E-state index in [1.54, 1.807) is 12.1 Å². The highest BCUT2D eigenvalue weighted by Crippen LogP contribution is 2.29. The van der Waals surface area contributed by atoms with Gasteiger partial charge in [0.15, 0.2) is 0 Å². The second-order valence-corrected chi connectivity index (χ2v) is 5.22. The zero-order valence-corrected chi connectivity index (χ0v) is 12.7. The number of methoxy groups -OCH3 is 1. The lowest BCUT2D eigenvalue weighted by Crippen LogP contribution is -2.00. The zero-order chi connectivity index (χ0) is 15.4. The van der Waals surface area contributed by atoms with Gasteiger partial charge in [0.25, 0.3) is 0 Å². The van der Waals surface area contributed by atoms with Crippen LogP contribution in [0.3, 0.4) is 0 Å². The summed E-state index contributed by atoms with van der Waals surface area (Å²) in [6, 6.07) is 13.5. The van der Waals surface area contributed by atoms with Crippen LogP contribution in [-0.4, -0.2) is 13.1 Å². The molecule has 110 valence electrons. The summed E-state index contributed by atoms with van der Waals surface area (Å²) in [4.78, 5) is 11.4. The number of rotatable bonds is 4. The molecule has 0 saturated heterocycles. The number of ether oxygens (including phenoxy) is 1. The summed E-state index contributed by atoms with van der Waals surface area (Å²) in [7, 11) is 1.38. The Morgan fingerprint density at radius 1 is 1.14 bits per heavy atom. The quantitative estimate of drug-likeness (QED) is 0.674. The van der Waals surface area contributed by atoms with Crippen LogP contribution in [0.1, 0.15) is 42.1 Å². The van der Waals surface area contributed by atoms with E-state index in [2.05, 4.69) is 26.0 Å². The molecule has 0 saturated carbocycles. The summed E-state index contributed by atoms with van der Waals surface area (Å²) in [5, 5.41) is 0. The Morgan fingerprint density at radius 3 is 2.29 bits per heavy atom. The molecule has 0 aliphatic rings. The van der Waals surface area contributed by atoms with Crippen LogP contribution < -0.4 is 5.73 Å². The molecule has 21 heavy (non-hydrogen) atoms. The number of nitrogens with two attached hydrogens (primary N) is 1. The van der Waals surface area contributed by atoms with Gasteiger partial charge in [0.05, 0.1) is 12.7 Å². The molecule has 0 bridgehead atoms. The minimum Gasteiger partial charge on any atom is -0.465 e. The molecule has 1 unspecified atom stereocenters. The molecule has 0 spiro atoms. The summed E-state index contributed by atoms with van der Waals surface area (Å²) in [6.45, 7) is 4.33. The summed E-state index contributed by atoms with van der Waals surface area (Å²) >= 11 is 0.